The average molecular weight is 297 g/mol. The van der Waals surface area contributed by atoms with Crippen molar-refractivity contribution in [2.45, 2.75) is 0 Å². The number of rotatable bonds is 2. The number of methoxy groups -OCH3 is 1. The summed E-state index contributed by atoms with van der Waals surface area (Å²) < 4.78 is 6.57. The van der Waals surface area contributed by atoms with Crippen LogP contribution in [0, 0.1) is 4.64 Å². The summed E-state index contributed by atoms with van der Waals surface area (Å²) in [5.41, 5.74) is 0.943. The minimum absolute atomic E-state index is 0.632. The number of halogens is 1. The van der Waals surface area contributed by atoms with Crippen molar-refractivity contribution in [3.05, 3.63) is 39.6 Å². The number of H-pyrrole nitrogens is 1. The molecule has 2 rings (SSSR count). The summed E-state index contributed by atoms with van der Waals surface area (Å²) in [6.07, 6.45) is 1.69. The lowest BCUT2D eigenvalue weighted by atomic mass is 10.2. The molecule has 0 bridgehead atoms. The number of aromatic nitrogens is 2. The first-order valence-corrected chi connectivity index (χ1v) is 5.80. The molecule has 0 unspecified atom stereocenters. The maximum atomic E-state index is 5.15. The highest BCUT2D eigenvalue weighted by Crippen LogP contribution is 2.21. The molecule has 0 atom stereocenters. The first-order valence-electron chi connectivity index (χ1n) is 4.60. The Morgan fingerprint density at radius 3 is 2.94 bits per heavy atom. The van der Waals surface area contributed by atoms with Crippen LogP contribution in [0.1, 0.15) is 0 Å². The summed E-state index contributed by atoms with van der Waals surface area (Å²) in [4.78, 5) is 7.30. The number of hydrogen-bond acceptors (Lipinski definition) is 3. The predicted molar refractivity (Wildman–Crippen MR) is 69.1 cm³/mol. The lowest BCUT2D eigenvalue weighted by Crippen LogP contribution is -1.90. The van der Waals surface area contributed by atoms with E-state index in [2.05, 4.69) is 25.9 Å². The third-order valence-electron chi connectivity index (χ3n) is 2.10. The standard InChI is InChI=1S/C11H9BrN2OS/c1-15-8-4-2-3-7(5-8)10-13-6-9(12)11(16)14-10/h2-6H,1H3,(H,13,14,16). The van der Waals surface area contributed by atoms with Gasteiger partial charge in [0.2, 0.25) is 0 Å². The van der Waals surface area contributed by atoms with Crippen LogP contribution in [0.15, 0.2) is 34.9 Å². The van der Waals surface area contributed by atoms with Crippen molar-refractivity contribution in [3.63, 3.8) is 0 Å². The molecule has 0 spiro atoms. The van der Waals surface area contributed by atoms with Gasteiger partial charge >= 0.3 is 0 Å². The maximum Gasteiger partial charge on any atom is 0.138 e. The summed E-state index contributed by atoms with van der Waals surface area (Å²) in [6, 6.07) is 7.65. The first kappa shape index (κ1) is 11.3. The van der Waals surface area contributed by atoms with E-state index in [-0.39, 0.29) is 0 Å². The first-order chi connectivity index (χ1) is 7.70. The summed E-state index contributed by atoms with van der Waals surface area (Å²) in [7, 11) is 1.64. The highest BCUT2D eigenvalue weighted by Gasteiger charge is 2.02. The molecular weight excluding hydrogens is 288 g/mol. The molecule has 0 fully saturated rings. The average Bonchev–Trinajstić information content (AvgIpc) is 2.33. The second-order valence-corrected chi connectivity index (χ2v) is 4.40. The monoisotopic (exact) mass is 296 g/mol. The minimum atomic E-state index is 0.632. The molecule has 0 aliphatic carbocycles. The smallest absolute Gasteiger partial charge is 0.138 e. The number of hydrogen-bond donors (Lipinski definition) is 1. The van der Waals surface area contributed by atoms with E-state index in [0.29, 0.717) is 4.64 Å². The van der Waals surface area contributed by atoms with E-state index in [1.165, 1.54) is 0 Å². The maximum absolute atomic E-state index is 5.15. The minimum Gasteiger partial charge on any atom is -0.497 e. The van der Waals surface area contributed by atoms with Crippen molar-refractivity contribution in [2.24, 2.45) is 0 Å². The van der Waals surface area contributed by atoms with Gasteiger partial charge in [0.15, 0.2) is 0 Å². The summed E-state index contributed by atoms with van der Waals surface area (Å²) >= 11 is 8.44. The van der Waals surface area contributed by atoms with E-state index in [1.54, 1.807) is 13.3 Å². The molecule has 1 aromatic carbocycles. The van der Waals surface area contributed by atoms with Gasteiger partial charge < -0.3 is 9.72 Å². The number of nitrogens with one attached hydrogen (secondary N) is 1. The summed E-state index contributed by atoms with van der Waals surface area (Å²) in [5, 5.41) is 0. The number of ether oxygens (including phenoxy) is 1. The van der Waals surface area contributed by atoms with Crippen LogP contribution < -0.4 is 4.74 Å². The van der Waals surface area contributed by atoms with Crippen molar-refractivity contribution >= 4 is 28.1 Å². The second-order valence-electron chi connectivity index (χ2n) is 3.14. The van der Waals surface area contributed by atoms with Crippen LogP contribution >= 0.6 is 28.1 Å². The van der Waals surface area contributed by atoms with Crippen LogP contribution in [0.3, 0.4) is 0 Å². The molecule has 0 amide bonds. The molecule has 5 heteroatoms. The third-order valence-corrected chi connectivity index (χ3v) is 3.28. The summed E-state index contributed by atoms with van der Waals surface area (Å²) in [6.45, 7) is 0. The molecule has 0 aliphatic heterocycles. The molecule has 3 nitrogen and oxygen atoms in total. The zero-order chi connectivity index (χ0) is 11.5. The number of nitrogens with zero attached hydrogens (tertiary/aromatic N) is 1. The fraction of sp³-hybridized carbons (Fsp3) is 0.0909. The van der Waals surface area contributed by atoms with E-state index in [0.717, 1.165) is 21.6 Å². The van der Waals surface area contributed by atoms with Crippen LogP contribution in [0.25, 0.3) is 11.4 Å². The van der Waals surface area contributed by atoms with E-state index in [9.17, 15) is 0 Å². The fourth-order valence-electron chi connectivity index (χ4n) is 1.30. The van der Waals surface area contributed by atoms with E-state index in [1.807, 2.05) is 24.3 Å². The van der Waals surface area contributed by atoms with Crippen LogP contribution in [0.2, 0.25) is 0 Å². The Kier molecular flexibility index (Phi) is 3.36. The van der Waals surface area contributed by atoms with Crippen LogP contribution in [-0.2, 0) is 0 Å². The molecule has 0 radical (unpaired) electrons. The van der Waals surface area contributed by atoms with Crippen molar-refractivity contribution in [1.82, 2.24) is 9.97 Å². The van der Waals surface area contributed by atoms with Gasteiger partial charge in [-0.25, -0.2) is 4.98 Å². The van der Waals surface area contributed by atoms with Crippen LogP contribution in [0.5, 0.6) is 5.75 Å². The lowest BCUT2D eigenvalue weighted by Gasteiger charge is -2.04. The van der Waals surface area contributed by atoms with Gasteiger partial charge in [-0.1, -0.05) is 24.4 Å². The Labute approximate surface area is 107 Å². The van der Waals surface area contributed by atoms with Crippen molar-refractivity contribution in [2.75, 3.05) is 7.11 Å². The fourth-order valence-corrected chi connectivity index (χ4v) is 1.65. The Morgan fingerprint density at radius 1 is 1.44 bits per heavy atom. The Balaban J connectivity index is 2.50. The highest BCUT2D eigenvalue weighted by molar-refractivity contribution is 9.10. The molecule has 0 aliphatic rings. The van der Waals surface area contributed by atoms with E-state index >= 15 is 0 Å². The summed E-state index contributed by atoms with van der Waals surface area (Å²) in [5.74, 6) is 1.52. The second kappa shape index (κ2) is 4.76. The SMILES string of the molecule is COc1cccc(-c2ncc(Br)c(=S)[nH]2)c1. The predicted octanol–water partition coefficient (Wildman–Crippen LogP) is 3.58. The number of aromatic amines is 1. The molecule has 82 valence electrons. The molecule has 0 saturated heterocycles. The third kappa shape index (κ3) is 2.31. The van der Waals surface area contributed by atoms with E-state index < -0.39 is 0 Å². The van der Waals surface area contributed by atoms with Gasteiger partial charge in [-0.2, -0.15) is 0 Å². The van der Waals surface area contributed by atoms with E-state index in [4.69, 9.17) is 17.0 Å². The molecule has 1 aromatic heterocycles. The zero-order valence-corrected chi connectivity index (χ0v) is 10.9. The van der Waals surface area contributed by atoms with Gasteiger partial charge in [-0.05, 0) is 28.1 Å². The van der Waals surface area contributed by atoms with Crippen LogP contribution in [0.4, 0.5) is 0 Å². The van der Waals surface area contributed by atoms with Gasteiger partial charge in [0.1, 0.15) is 16.2 Å². The normalized spacial score (nSPS) is 10.1. The Hall–Kier alpha value is -1.20. The molecule has 16 heavy (non-hydrogen) atoms. The van der Waals surface area contributed by atoms with Gasteiger partial charge in [-0.15, -0.1) is 0 Å². The van der Waals surface area contributed by atoms with Gasteiger partial charge in [0.05, 0.1) is 11.6 Å². The molecule has 1 heterocycles. The van der Waals surface area contributed by atoms with Crippen molar-refractivity contribution in [1.29, 1.82) is 0 Å². The van der Waals surface area contributed by atoms with Crippen LogP contribution in [-0.4, -0.2) is 17.1 Å². The lowest BCUT2D eigenvalue weighted by molar-refractivity contribution is 0.415. The largest absolute Gasteiger partial charge is 0.497 e. The molecular formula is C11H9BrN2OS. The van der Waals surface area contributed by atoms with Crippen molar-refractivity contribution in [3.8, 4) is 17.1 Å². The van der Waals surface area contributed by atoms with Gasteiger partial charge in [0, 0.05) is 11.8 Å². The molecule has 0 saturated carbocycles. The Morgan fingerprint density at radius 2 is 2.25 bits per heavy atom. The highest BCUT2D eigenvalue weighted by atomic mass is 79.9. The number of benzene rings is 1. The van der Waals surface area contributed by atoms with Crippen molar-refractivity contribution < 1.29 is 4.74 Å². The molecule has 1 N–H and O–H groups in total. The Bertz CT molecular complexity index is 568. The topological polar surface area (TPSA) is 37.9 Å². The van der Waals surface area contributed by atoms with Gasteiger partial charge in [0.25, 0.3) is 0 Å². The molecule has 2 aromatic rings. The zero-order valence-electron chi connectivity index (χ0n) is 8.53. The quantitative estimate of drug-likeness (QED) is 0.861. The van der Waals surface area contributed by atoms with Gasteiger partial charge in [-0.3, -0.25) is 0 Å².